The van der Waals surface area contributed by atoms with Gasteiger partial charge in [0.15, 0.2) is 0 Å². The van der Waals surface area contributed by atoms with Crippen molar-refractivity contribution in [3.8, 4) is 0 Å². The first kappa shape index (κ1) is 11.4. The van der Waals surface area contributed by atoms with E-state index in [1.807, 2.05) is 12.2 Å². The topological polar surface area (TPSA) is 71.3 Å². The maximum Gasteiger partial charge on any atom is 0.352 e. The van der Waals surface area contributed by atoms with Crippen molar-refractivity contribution >= 4 is 11.9 Å². The van der Waals surface area contributed by atoms with Crippen LogP contribution in [-0.4, -0.2) is 27.6 Å². The molecule has 90 valence electrons. The number of amides is 1. The van der Waals surface area contributed by atoms with E-state index in [1.54, 1.807) is 12.3 Å². The fourth-order valence-electron chi connectivity index (χ4n) is 1.91. The lowest BCUT2D eigenvalue weighted by atomic mass is 10.2. The van der Waals surface area contributed by atoms with Crippen LogP contribution in [0.4, 0.5) is 0 Å². The molecule has 1 heterocycles. The Kier molecular flexibility index (Phi) is 3.27. The van der Waals surface area contributed by atoms with Gasteiger partial charge in [-0.2, -0.15) is 0 Å². The van der Waals surface area contributed by atoms with Crippen LogP contribution in [0.15, 0.2) is 30.5 Å². The van der Waals surface area contributed by atoms with Crippen LogP contribution in [-0.2, 0) is 11.3 Å². The molecule has 0 saturated carbocycles. The number of carboxylic acids is 1. The smallest absolute Gasteiger partial charge is 0.352 e. The van der Waals surface area contributed by atoms with Crippen molar-refractivity contribution in [2.24, 2.45) is 0 Å². The molecule has 1 aliphatic carbocycles. The van der Waals surface area contributed by atoms with Crippen molar-refractivity contribution in [3.63, 3.8) is 0 Å². The van der Waals surface area contributed by atoms with Crippen molar-refractivity contribution in [1.29, 1.82) is 0 Å². The number of nitrogens with one attached hydrogen (secondary N) is 1. The van der Waals surface area contributed by atoms with E-state index >= 15 is 0 Å². The molecule has 1 aromatic rings. The van der Waals surface area contributed by atoms with Gasteiger partial charge in [-0.05, 0) is 25.0 Å². The van der Waals surface area contributed by atoms with Gasteiger partial charge in [-0.15, -0.1) is 0 Å². The fourth-order valence-corrected chi connectivity index (χ4v) is 1.91. The van der Waals surface area contributed by atoms with E-state index in [9.17, 15) is 9.59 Å². The van der Waals surface area contributed by atoms with Crippen molar-refractivity contribution in [2.75, 3.05) is 0 Å². The van der Waals surface area contributed by atoms with E-state index in [0.29, 0.717) is 0 Å². The predicted octanol–water partition coefficient (Wildman–Crippen LogP) is 1.02. The molecule has 0 saturated heterocycles. The molecule has 5 heteroatoms. The summed E-state index contributed by atoms with van der Waals surface area (Å²) in [5.74, 6) is -1.18. The third-order valence-electron chi connectivity index (χ3n) is 2.74. The maximum absolute atomic E-state index is 11.7. The molecule has 0 fully saturated rings. The molecule has 0 spiro atoms. The maximum atomic E-state index is 11.7. The highest BCUT2D eigenvalue weighted by Crippen LogP contribution is 2.09. The first-order chi connectivity index (χ1) is 8.16. The van der Waals surface area contributed by atoms with Gasteiger partial charge in [0.05, 0.1) is 0 Å². The zero-order chi connectivity index (χ0) is 12.3. The Labute approximate surface area is 98.7 Å². The van der Waals surface area contributed by atoms with Crippen LogP contribution in [0.25, 0.3) is 0 Å². The lowest BCUT2D eigenvalue weighted by molar-refractivity contribution is -0.122. The Morgan fingerprint density at radius 1 is 1.41 bits per heavy atom. The van der Waals surface area contributed by atoms with Gasteiger partial charge in [-0.1, -0.05) is 12.2 Å². The van der Waals surface area contributed by atoms with Crippen LogP contribution in [0.5, 0.6) is 0 Å². The van der Waals surface area contributed by atoms with Crippen molar-refractivity contribution in [3.05, 3.63) is 36.2 Å². The van der Waals surface area contributed by atoms with Gasteiger partial charge in [-0.25, -0.2) is 4.79 Å². The van der Waals surface area contributed by atoms with E-state index in [0.717, 1.165) is 12.8 Å². The summed E-state index contributed by atoms with van der Waals surface area (Å²) in [5.41, 5.74) is 0.129. The molecule has 1 aliphatic rings. The van der Waals surface area contributed by atoms with E-state index < -0.39 is 5.97 Å². The van der Waals surface area contributed by atoms with Gasteiger partial charge >= 0.3 is 5.97 Å². The number of hydrogen-bond donors (Lipinski definition) is 2. The molecule has 0 radical (unpaired) electrons. The highest BCUT2D eigenvalue weighted by Gasteiger charge is 2.15. The standard InChI is InChI=1S/C12H14N2O3/c15-11(13-9-4-1-2-5-9)8-14-7-3-6-10(14)12(16)17/h1-3,6-7,9H,4-5,8H2,(H,13,15)(H,16,17). The highest BCUT2D eigenvalue weighted by molar-refractivity contribution is 5.86. The first-order valence-electron chi connectivity index (χ1n) is 5.49. The van der Waals surface area contributed by atoms with E-state index in [-0.39, 0.29) is 24.2 Å². The number of aromatic carboxylic acids is 1. The van der Waals surface area contributed by atoms with Crippen molar-refractivity contribution in [1.82, 2.24) is 9.88 Å². The van der Waals surface area contributed by atoms with Crippen LogP contribution in [0, 0.1) is 0 Å². The average Bonchev–Trinajstić information content (AvgIpc) is 2.88. The summed E-state index contributed by atoms with van der Waals surface area (Å²) in [6, 6.07) is 3.26. The minimum Gasteiger partial charge on any atom is -0.477 e. The second-order valence-electron chi connectivity index (χ2n) is 4.03. The number of hydrogen-bond acceptors (Lipinski definition) is 2. The Morgan fingerprint density at radius 3 is 2.76 bits per heavy atom. The summed E-state index contributed by atoms with van der Waals surface area (Å²) in [6.45, 7) is 0.0468. The molecule has 5 nitrogen and oxygen atoms in total. The van der Waals surface area contributed by atoms with Gasteiger partial charge < -0.3 is 15.0 Å². The quantitative estimate of drug-likeness (QED) is 0.764. The minimum absolute atomic E-state index is 0.0468. The lowest BCUT2D eigenvalue weighted by Crippen LogP contribution is -2.35. The van der Waals surface area contributed by atoms with Gasteiger partial charge in [0.25, 0.3) is 0 Å². The zero-order valence-corrected chi connectivity index (χ0v) is 9.30. The summed E-state index contributed by atoms with van der Waals surface area (Å²) in [5, 5.41) is 11.8. The molecule has 0 atom stereocenters. The number of carbonyl (C=O) groups excluding carboxylic acids is 1. The molecule has 2 rings (SSSR count). The van der Waals surface area contributed by atoms with Crippen LogP contribution in [0.2, 0.25) is 0 Å². The van der Waals surface area contributed by atoms with Crippen molar-refractivity contribution in [2.45, 2.75) is 25.4 Å². The summed E-state index contributed by atoms with van der Waals surface area (Å²) in [4.78, 5) is 22.5. The largest absolute Gasteiger partial charge is 0.477 e. The van der Waals surface area contributed by atoms with E-state index in [1.165, 1.54) is 10.6 Å². The van der Waals surface area contributed by atoms with E-state index in [2.05, 4.69) is 5.32 Å². The molecule has 0 bridgehead atoms. The van der Waals surface area contributed by atoms with Crippen LogP contribution < -0.4 is 5.32 Å². The van der Waals surface area contributed by atoms with Gasteiger partial charge in [-0.3, -0.25) is 4.79 Å². The third-order valence-corrected chi connectivity index (χ3v) is 2.74. The van der Waals surface area contributed by atoms with Crippen molar-refractivity contribution < 1.29 is 14.7 Å². The molecule has 0 unspecified atom stereocenters. The third kappa shape index (κ3) is 2.75. The lowest BCUT2D eigenvalue weighted by Gasteiger charge is -2.13. The highest BCUT2D eigenvalue weighted by atomic mass is 16.4. The van der Waals surface area contributed by atoms with Gasteiger partial charge in [0, 0.05) is 12.2 Å². The molecular weight excluding hydrogens is 220 g/mol. The number of carboxylic acid groups (broad SMARTS) is 1. The Morgan fingerprint density at radius 2 is 2.12 bits per heavy atom. The van der Waals surface area contributed by atoms with Gasteiger partial charge in [0.1, 0.15) is 12.2 Å². The average molecular weight is 234 g/mol. The number of aromatic nitrogens is 1. The Hall–Kier alpha value is -2.04. The predicted molar refractivity (Wildman–Crippen MR) is 61.7 cm³/mol. The monoisotopic (exact) mass is 234 g/mol. The SMILES string of the molecule is O=C(Cn1cccc1C(=O)O)NC1CC=CC1. The molecule has 17 heavy (non-hydrogen) atoms. The molecular formula is C12H14N2O3. The van der Waals surface area contributed by atoms with Crippen LogP contribution >= 0.6 is 0 Å². The summed E-state index contributed by atoms with van der Waals surface area (Å²) in [6.07, 6.45) is 7.36. The fraction of sp³-hybridized carbons (Fsp3) is 0.333. The van der Waals surface area contributed by atoms with Crippen LogP contribution in [0.3, 0.4) is 0 Å². The number of nitrogens with zero attached hydrogens (tertiary/aromatic N) is 1. The summed E-state index contributed by atoms with van der Waals surface area (Å²) >= 11 is 0. The second-order valence-corrected chi connectivity index (χ2v) is 4.03. The Balaban J connectivity index is 1.93. The van der Waals surface area contributed by atoms with Gasteiger partial charge in [0.2, 0.25) is 5.91 Å². The number of carbonyl (C=O) groups is 2. The molecule has 1 amide bonds. The molecule has 2 N–H and O–H groups in total. The summed E-state index contributed by atoms with van der Waals surface area (Å²) < 4.78 is 1.43. The first-order valence-corrected chi connectivity index (χ1v) is 5.49. The zero-order valence-electron chi connectivity index (χ0n) is 9.30. The van der Waals surface area contributed by atoms with Crippen LogP contribution in [0.1, 0.15) is 23.3 Å². The number of rotatable bonds is 4. The Bertz CT molecular complexity index is 454. The molecule has 0 aliphatic heterocycles. The minimum atomic E-state index is -1.02. The molecule has 0 aromatic carbocycles. The normalized spacial score (nSPS) is 15.1. The van der Waals surface area contributed by atoms with E-state index in [4.69, 9.17) is 5.11 Å². The summed E-state index contributed by atoms with van der Waals surface area (Å²) in [7, 11) is 0. The molecule has 1 aromatic heterocycles. The second kappa shape index (κ2) is 4.86.